The summed E-state index contributed by atoms with van der Waals surface area (Å²) in [5.41, 5.74) is -0.589. The van der Waals surface area contributed by atoms with Gasteiger partial charge < -0.3 is 0 Å². The summed E-state index contributed by atoms with van der Waals surface area (Å²) in [5, 5.41) is 0. The predicted molar refractivity (Wildman–Crippen MR) is 111 cm³/mol. The highest BCUT2D eigenvalue weighted by Gasteiger charge is 2.33. The van der Waals surface area contributed by atoms with E-state index in [1.807, 2.05) is 0 Å². The van der Waals surface area contributed by atoms with E-state index in [4.69, 9.17) is 0 Å². The second-order valence-corrected chi connectivity index (χ2v) is 8.82. The first-order chi connectivity index (χ1) is 13.9. The summed E-state index contributed by atoms with van der Waals surface area (Å²) in [6.07, 6.45) is 12.2. The van der Waals surface area contributed by atoms with E-state index in [-0.39, 0.29) is 11.1 Å². The fourth-order valence-electron chi connectivity index (χ4n) is 5.27. The summed E-state index contributed by atoms with van der Waals surface area (Å²) in [5.74, 6) is -2.04. The molecule has 2 aliphatic rings. The number of hydrogen-bond acceptors (Lipinski definition) is 0. The number of allylic oxidation sites excluding steroid dienone is 2. The summed E-state index contributed by atoms with van der Waals surface area (Å²) < 4.78 is 57.6. The molecular weight excluding hydrogens is 376 g/mol. The molecule has 0 nitrogen and oxygen atoms in total. The highest BCUT2D eigenvalue weighted by atomic mass is 19.2. The number of hydrogen-bond donors (Lipinski definition) is 0. The van der Waals surface area contributed by atoms with E-state index in [1.54, 1.807) is 6.92 Å². The summed E-state index contributed by atoms with van der Waals surface area (Å²) in [6.45, 7) is 3.89. The molecule has 1 aromatic rings. The largest absolute Gasteiger partial charge is 0.208 e. The molecule has 0 aliphatic heterocycles. The van der Waals surface area contributed by atoms with Gasteiger partial charge in [0, 0.05) is 17.0 Å². The molecule has 0 atom stereocenters. The lowest BCUT2D eigenvalue weighted by molar-refractivity contribution is 0.147. The van der Waals surface area contributed by atoms with Crippen LogP contribution in [0.1, 0.15) is 82.8 Å². The van der Waals surface area contributed by atoms with Crippen LogP contribution in [0.25, 0.3) is 11.9 Å². The Kier molecular flexibility index (Phi) is 7.59. The second kappa shape index (κ2) is 9.95. The Morgan fingerprint density at radius 1 is 0.897 bits per heavy atom. The molecule has 2 saturated carbocycles. The molecular formula is C25H32F4. The average molecular weight is 409 g/mol. The number of benzene rings is 1. The standard InChI is InChI=1S/C25H32F4/c1-3-5-21-22(26)14-20(15-23(21)27)25(29)24(28)19-12-10-18(11-13-19)17-8-6-16(4-2)7-9-17/h3,5,14-19H,4,6-13H2,1-2H3/b5-3+,25-24+. The number of halogens is 4. The highest BCUT2D eigenvalue weighted by molar-refractivity contribution is 5.64. The quantitative estimate of drug-likeness (QED) is 0.428. The molecule has 0 radical (unpaired) electrons. The van der Waals surface area contributed by atoms with Gasteiger partial charge in [-0.2, -0.15) is 0 Å². The van der Waals surface area contributed by atoms with E-state index in [9.17, 15) is 17.6 Å². The van der Waals surface area contributed by atoms with Gasteiger partial charge in [0.15, 0.2) is 5.83 Å². The van der Waals surface area contributed by atoms with Crippen molar-refractivity contribution in [1.29, 1.82) is 0 Å². The van der Waals surface area contributed by atoms with E-state index in [2.05, 4.69) is 6.92 Å². The minimum atomic E-state index is -1.12. The molecule has 0 saturated heterocycles. The first-order valence-corrected chi connectivity index (χ1v) is 11.1. The Bertz CT molecular complexity index is 725. The molecule has 0 spiro atoms. The van der Waals surface area contributed by atoms with E-state index in [1.165, 1.54) is 44.3 Å². The van der Waals surface area contributed by atoms with Crippen molar-refractivity contribution in [3.63, 3.8) is 0 Å². The van der Waals surface area contributed by atoms with Gasteiger partial charge in [0.25, 0.3) is 0 Å². The van der Waals surface area contributed by atoms with Gasteiger partial charge in [-0.15, -0.1) is 0 Å². The van der Waals surface area contributed by atoms with Crippen LogP contribution in [-0.2, 0) is 0 Å². The van der Waals surface area contributed by atoms with Gasteiger partial charge in [-0.3, -0.25) is 0 Å². The van der Waals surface area contributed by atoms with E-state index >= 15 is 0 Å². The topological polar surface area (TPSA) is 0 Å². The van der Waals surface area contributed by atoms with Crippen molar-refractivity contribution in [2.24, 2.45) is 23.7 Å². The Labute approximate surface area is 172 Å². The maximum atomic E-state index is 14.8. The van der Waals surface area contributed by atoms with E-state index in [0.717, 1.165) is 36.8 Å². The molecule has 0 aromatic heterocycles. The van der Waals surface area contributed by atoms with Crippen molar-refractivity contribution in [3.8, 4) is 0 Å². The predicted octanol–water partition coefficient (Wildman–Crippen LogP) is 8.63. The van der Waals surface area contributed by atoms with Gasteiger partial charge >= 0.3 is 0 Å². The molecule has 0 bridgehead atoms. The molecule has 0 heterocycles. The van der Waals surface area contributed by atoms with Gasteiger partial charge in [-0.1, -0.05) is 38.3 Å². The van der Waals surface area contributed by atoms with Crippen LogP contribution < -0.4 is 0 Å². The maximum Gasteiger partial charge on any atom is 0.162 e. The molecule has 2 fully saturated rings. The maximum absolute atomic E-state index is 14.8. The minimum Gasteiger partial charge on any atom is -0.208 e. The fraction of sp³-hybridized carbons (Fsp3) is 0.600. The molecule has 160 valence electrons. The fourth-order valence-corrected chi connectivity index (χ4v) is 5.27. The van der Waals surface area contributed by atoms with Gasteiger partial charge in [0.2, 0.25) is 0 Å². The Morgan fingerprint density at radius 2 is 1.41 bits per heavy atom. The normalized spacial score (nSPS) is 29.2. The zero-order valence-corrected chi connectivity index (χ0v) is 17.5. The van der Waals surface area contributed by atoms with Crippen LogP contribution in [0, 0.1) is 35.3 Å². The lowest BCUT2D eigenvalue weighted by Gasteiger charge is -2.37. The van der Waals surface area contributed by atoms with Crippen molar-refractivity contribution < 1.29 is 17.6 Å². The monoisotopic (exact) mass is 408 g/mol. The second-order valence-electron chi connectivity index (χ2n) is 8.82. The molecule has 0 N–H and O–H groups in total. The van der Waals surface area contributed by atoms with Gasteiger partial charge in [-0.25, -0.2) is 17.6 Å². The van der Waals surface area contributed by atoms with E-state index in [0.29, 0.717) is 18.8 Å². The third-order valence-corrected chi connectivity index (χ3v) is 7.14. The molecule has 3 rings (SSSR count). The minimum absolute atomic E-state index is 0.234. The van der Waals surface area contributed by atoms with Gasteiger partial charge in [-0.05, 0) is 75.3 Å². The molecule has 2 aliphatic carbocycles. The first kappa shape index (κ1) is 22.1. The van der Waals surface area contributed by atoms with Crippen LogP contribution in [0.4, 0.5) is 17.6 Å². The van der Waals surface area contributed by atoms with Crippen LogP contribution in [0.5, 0.6) is 0 Å². The molecule has 4 heteroatoms. The van der Waals surface area contributed by atoms with Crippen LogP contribution in [0.2, 0.25) is 0 Å². The zero-order chi connectivity index (χ0) is 21.0. The summed E-state index contributed by atoms with van der Waals surface area (Å²) >= 11 is 0. The third kappa shape index (κ3) is 5.13. The molecule has 0 unspecified atom stereocenters. The first-order valence-electron chi connectivity index (χ1n) is 11.1. The van der Waals surface area contributed by atoms with Crippen molar-refractivity contribution in [2.45, 2.75) is 71.6 Å². The lowest BCUT2D eigenvalue weighted by Crippen LogP contribution is -2.26. The average Bonchev–Trinajstić information content (AvgIpc) is 2.75. The van der Waals surface area contributed by atoms with Crippen molar-refractivity contribution in [1.82, 2.24) is 0 Å². The highest BCUT2D eigenvalue weighted by Crippen LogP contribution is 2.44. The Hall–Kier alpha value is -1.58. The molecule has 1 aromatic carbocycles. The van der Waals surface area contributed by atoms with Gasteiger partial charge in [0.1, 0.15) is 17.5 Å². The third-order valence-electron chi connectivity index (χ3n) is 7.14. The van der Waals surface area contributed by atoms with Crippen molar-refractivity contribution in [3.05, 3.63) is 46.8 Å². The smallest absolute Gasteiger partial charge is 0.162 e. The van der Waals surface area contributed by atoms with Crippen LogP contribution in [0.3, 0.4) is 0 Å². The van der Waals surface area contributed by atoms with Crippen LogP contribution >= 0.6 is 0 Å². The molecule has 29 heavy (non-hydrogen) atoms. The SMILES string of the molecule is C/C=C/c1c(F)cc(/C(F)=C(\F)C2CCC(C3CCC(CC)CC3)CC2)cc1F. The van der Waals surface area contributed by atoms with Crippen molar-refractivity contribution >= 4 is 11.9 Å². The van der Waals surface area contributed by atoms with Crippen LogP contribution in [0.15, 0.2) is 24.0 Å². The molecule has 0 amide bonds. The van der Waals surface area contributed by atoms with Crippen molar-refractivity contribution in [2.75, 3.05) is 0 Å². The van der Waals surface area contributed by atoms with Crippen LogP contribution in [-0.4, -0.2) is 0 Å². The van der Waals surface area contributed by atoms with E-state index < -0.39 is 29.2 Å². The number of rotatable bonds is 5. The summed E-state index contributed by atoms with van der Waals surface area (Å²) in [4.78, 5) is 0. The zero-order valence-electron chi connectivity index (χ0n) is 17.5. The van der Waals surface area contributed by atoms with Gasteiger partial charge in [0.05, 0.1) is 0 Å². The lowest BCUT2D eigenvalue weighted by atomic mass is 9.68. The Morgan fingerprint density at radius 3 is 1.90 bits per heavy atom. The Balaban J connectivity index is 1.65. The summed E-state index contributed by atoms with van der Waals surface area (Å²) in [6, 6.07) is 1.76. The summed E-state index contributed by atoms with van der Waals surface area (Å²) in [7, 11) is 0.